The molecular weight excluding hydrogens is 256 g/mol. The van der Waals surface area contributed by atoms with Crippen LogP contribution in [0.1, 0.15) is 25.6 Å². The number of hydrazine groups is 1. The van der Waals surface area contributed by atoms with Crippen molar-refractivity contribution in [2.45, 2.75) is 26.2 Å². The zero-order valence-electron chi connectivity index (χ0n) is 12.1. The average Bonchev–Trinajstić information content (AvgIpc) is 3.00. The van der Waals surface area contributed by atoms with Gasteiger partial charge < -0.3 is 15.2 Å². The summed E-state index contributed by atoms with van der Waals surface area (Å²) in [4.78, 5) is 24.5. The van der Waals surface area contributed by atoms with Crippen molar-refractivity contribution in [1.29, 1.82) is 0 Å². The van der Waals surface area contributed by atoms with E-state index in [0.29, 0.717) is 24.0 Å². The molecular formula is C13H22N6O. The van der Waals surface area contributed by atoms with Crippen LogP contribution in [0.25, 0.3) is 0 Å². The first kappa shape index (κ1) is 14.5. The lowest BCUT2D eigenvalue weighted by Gasteiger charge is -2.22. The minimum Gasteiger partial charge on any atom is -0.350 e. The molecule has 3 N–H and O–H groups in total. The van der Waals surface area contributed by atoms with E-state index in [4.69, 9.17) is 5.84 Å². The third-order valence-corrected chi connectivity index (χ3v) is 3.45. The van der Waals surface area contributed by atoms with Crippen LogP contribution in [0, 0.1) is 0 Å². The number of aromatic nitrogens is 2. The second-order valence-electron chi connectivity index (χ2n) is 4.97. The van der Waals surface area contributed by atoms with Crippen LogP contribution in [0.15, 0.2) is 6.07 Å². The summed E-state index contributed by atoms with van der Waals surface area (Å²) in [5.41, 5.74) is 2.53. The van der Waals surface area contributed by atoms with E-state index < -0.39 is 0 Å². The summed E-state index contributed by atoms with van der Waals surface area (Å²) in [6, 6.07) is 1.75. The molecule has 2 rings (SSSR count). The van der Waals surface area contributed by atoms with Gasteiger partial charge in [-0.2, -0.15) is 0 Å². The van der Waals surface area contributed by atoms with Gasteiger partial charge in [0.2, 0.25) is 5.91 Å². The van der Waals surface area contributed by atoms with E-state index in [0.717, 1.165) is 32.4 Å². The highest BCUT2D eigenvalue weighted by Gasteiger charge is 2.20. The van der Waals surface area contributed by atoms with Crippen molar-refractivity contribution in [3.63, 3.8) is 0 Å². The van der Waals surface area contributed by atoms with Gasteiger partial charge in [-0.3, -0.25) is 4.79 Å². The number of nitrogen functional groups attached to an aromatic ring is 1. The number of nitrogens with zero attached hydrogens (tertiary/aromatic N) is 4. The monoisotopic (exact) mass is 278 g/mol. The van der Waals surface area contributed by atoms with Gasteiger partial charge in [0.05, 0.1) is 6.54 Å². The lowest BCUT2D eigenvalue weighted by Crippen LogP contribution is -2.37. The Balaban J connectivity index is 2.07. The van der Waals surface area contributed by atoms with E-state index >= 15 is 0 Å². The second-order valence-corrected chi connectivity index (χ2v) is 4.97. The summed E-state index contributed by atoms with van der Waals surface area (Å²) in [6.07, 6.45) is 2.92. The highest BCUT2D eigenvalue weighted by Crippen LogP contribution is 2.15. The molecule has 0 aliphatic carbocycles. The van der Waals surface area contributed by atoms with Crippen molar-refractivity contribution in [3.05, 3.63) is 11.9 Å². The minimum absolute atomic E-state index is 0.143. The number of hydrogen-bond donors (Lipinski definition) is 2. The van der Waals surface area contributed by atoms with Crippen LogP contribution in [-0.4, -0.2) is 47.5 Å². The third-order valence-electron chi connectivity index (χ3n) is 3.45. The molecule has 7 nitrogen and oxygen atoms in total. The molecule has 110 valence electrons. The van der Waals surface area contributed by atoms with Crippen molar-refractivity contribution in [2.24, 2.45) is 5.84 Å². The number of aryl methyl sites for hydroxylation is 1. The lowest BCUT2D eigenvalue weighted by atomic mass is 10.4. The van der Waals surface area contributed by atoms with Gasteiger partial charge in [0.1, 0.15) is 17.5 Å². The Labute approximate surface area is 119 Å². The predicted octanol–water partition coefficient (Wildman–Crippen LogP) is 0.383. The highest BCUT2D eigenvalue weighted by atomic mass is 16.2. The third kappa shape index (κ3) is 3.36. The number of carbonyl (C=O) groups excluding carboxylic acids is 1. The fourth-order valence-corrected chi connectivity index (χ4v) is 2.26. The number of likely N-dealkylation sites (tertiary alicyclic amines) is 1. The van der Waals surface area contributed by atoms with E-state index in [2.05, 4.69) is 15.4 Å². The molecule has 1 amide bonds. The molecule has 1 aliphatic rings. The number of rotatable bonds is 5. The highest BCUT2D eigenvalue weighted by molar-refractivity contribution is 5.81. The van der Waals surface area contributed by atoms with Crippen LogP contribution in [0.4, 0.5) is 11.6 Å². The normalized spacial score (nSPS) is 14.4. The number of likely N-dealkylation sites (N-methyl/N-ethyl adjacent to an activating group) is 1. The Morgan fingerprint density at radius 2 is 2.15 bits per heavy atom. The largest absolute Gasteiger partial charge is 0.350 e. The minimum atomic E-state index is 0.143. The van der Waals surface area contributed by atoms with Crippen molar-refractivity contribution in [2.75, 3.05) is 37.0 Å². The topological polar surface area (TPSA) is 87.4 Å². The van der Waals surface area contributed by atoms with Crippen LogP contribution < -0.4 is 16.2 Å². The van der Waals surface area contributed by atoms with Gasteiger partial charge in [0.15, 0.2) is 0 Å². The molecule has 0 bridgehead atoms. The first-order valence-electron chi connectivity index (χ1n) is 6.97. The second kappa shape index (κ2) is 6.51. The fourth-order valence-electron chi connectivity index (χ4n) is 2.26. The van der Waals surface area contributed by atoms with Crippen molar-refractivity contribution in [1.82, 2.24) is 14.9 Å². The summed E-state index contributed by atoms with van der Waals surface area (Å²) in [6.45, 7) is 4.04. The summed E-state index contributed by atoms with van der Waals surface area (Å²) >= 11 is 0. The number of carbonyl (C=O) groups is 1. The number of hydrogen-bond acceptors (Lipinski definition) is 6. The van der Waals surface area contributed by atoms with Gasteiger partial charge in [0, 0.05) is 32.6 Å². The molecule has 1 fully saturated rings. The van der Waals surface area contributed by atoms with E-state index in [1.807, 2.05) is 23.8 Å². The smallest absolute Gasteiger partial charge is 0.242 e. The zero-order chi connectivity index (χ0) is 14.5. The molecule has 0 aromatic carbocycles. The van der Waals surface area contributed by atoms with E-state index in [1.54, 1.807) is 6.07 Å². The lowest BCUT2D eigenvalue weighted by molar-refractivity contribution is -0.128. The fraction of sp³-hybridized carbons (Fsp3) is 0.615. The first-order valence-corrected chi connectivity index (χ1v) is 6.97. The van der Waals surface area contributed by atoms with Gasteiger partial charge in [-0.15, -0.1) is 0 Å². The first-order chi connectivity index (χ1) is 9.63. The SMILES string of the molecule is CCc1nc(NN)cc(N(C)CC(=O)N2CCCC2)n1. The Bertz CT molecular complexity index is 450. The van der Waals surface area contributed by atoms with Gasteiger partial charge in [0.25, 0.3) is 0 Å². The van der Waals surface area contributed by atoms with Crippen LogP contribution in [0.3, 0.4) is 0 Å². The molecule has 7 heteroatoms. The average molecular weight is 278 g/mol. The molecule has 1 aromatic rings. The number of nitrogens with two attached hydrogens (primary N) is 1. The summed E-state index contributed by atoms with van der Waals surface area (Å²) in [5.74, 6) is 7.52. The molecule has 1 saturated heterocycles. The molecule has 0 saturated carbocycles. The molecule has 1 aromatic heterocycles. The summed E-state index contributed by atoms with van der Waals surface area (Å²) < 4.78 is 0. The van der Waals surface area contributed by atoms with Crippen LogP contribution in [0.2, 0.25) is 0 Å². The standard InChI is InChI=1S/C13H22N6O/c1-3-10-15-11(17-14)8-12(16-10)18(2)9-13(20)19-6-4-5-7-19/h8H,3-7,9,14H2,1-2H3,(H,15,16,17). The quantitative estimate of drug-likeness (QED) is 0.598. The molecule has 0 spiro atoms. The molecule has 0 radical (unpaired) electrons. The van der Waals surface area contributed by atoms with Crippen molar-refractivity contribution in [3.8, 4) is 0 Å². The molecule has 0 atom stereocenters. The molecule has 1 aliphatic heterocycles. The Hall–Kier alpha value is -1.89. The van der Waals surface area contributed by atoms with E-state index in [-0.39, 0.29) is 5.91 Å². The van der Waals surface area contributed by atoms with Crippen LogP contribution in [0.5, 0.6) is 0 Å². The molecule has 20 heavy (non-hydrogen) atoms. The maximum atomic E-state index is 12.1. The van der Waals surface area contributed by atoms with Crippen LogP contribution in [-0.2, 0) is 11.2 Å². The Morgan fingerprint density at radius 3 is 2.75 bits per heavy atom. The van der Waals surface area contributed by atoms with Crippen LogP contribution >= 0.6 is 0 Å². The van der Waals surface area contributed by atoms with Gasteiger partial charge in [-0.05, 0) is 12.8 Å². The Morgan fingerprint density at radius 1 is 1.45 bits per heavy atom. The molecule has 2 heterocycles. The Kier molecular flexibility index (Phi) is 4.73. The number of nitrogens with one attached hydrogen (secondary N) is 1. The number of anilines is 2. The van der Waals surface area contributed by atoms with Gasteiger partial charge in [-0.25, -0.2) is 15.8 Å². The maximum absolute atomic E-state index is 12.1. The van der Waals surface area contributed by atoms with Gasteiger partial charge >= 0.3 is 0 Å². The van der Waals surface area contributed by atoms with Crippen molar-refractivity contribution < 1.29 is 4.79 Å². The van der Waals surface area contributed by atoms with E-state index in [1.165, 1.54) is 0 Å². The van der Waals surface area contributed by atoms with E-state index in [9.17, 15) is 4.79 Å². The number of amides is 1. The van der Waals surface area contributed by atoms with Crippen molar-refractivity contribution >= 4 is 17.5 Å². The zero-order valence-corrected chi connectivity index (χ0v) is 12.1. The van der Waals surface area contributed by atoms with Gasteiger partial charge in [-0.1, -0.05) is 6.92 Å². The summed E-state index contributed by atoms with van der Waals surface area (Å²) in [7, 11) is 1.86. The predicted molar refractivity (Wildman–Crippen MR) is 78.3 cm³/mol. The summed E-state index contributed by atoms with van der Waals surface area (Å²) in [5, 5.41) is 0. The molecule has 0 unspecified atom stereocenters. The maximum Gasteiger partial charge on any atom is 0.242 e.